The quantitative estimate of drug-likeness (QED) is 0.319. The standard InChI is InChI=1S/C17H9F3O4/c18-12-8-14(20)13(19)5-10(12)6-17(22)23-11-3-1-9-2-4-16(21)24-15(9)7-11/h1-5,7-8H,6H2. The Hall–Kier alpha value is -3.09. The summed E-state index contributed by atoms with van der Waals surface area (Å²) in [7, 11) is 0. The largest absolute Gasteiger partial charge is 0.426 e. The van der Waals surface area contributed by atoms with Gasteiger partial charge in [0.25, 0.3) is 0 Å². The summed E-state index contributed by atoms with van der Waals surface area (Å²) in [5.74, 6) is -4.45. The predicted octanol–water partition coefficient (Wildman–Crippen LogP) is 3.36. The van der Waals surface area contributed by atoms with Gasteiger partial charge in [-0.3, -0.25) is 4.79 Å². The van der Waals surface area contributed by atoms with Gasteiger partial charge in [0.15, 0.2) is 11.6 Å². The van der Waals surface area contributed by atoms with Gasteiger partial charge in [-0.2, -0.15) is 0 Å². The summed E-state index contributed by atoms with van der Waals surface area (Å²) in [6, 6.07) is 8.12. The van der Waals surface area contributed by atoms with E-state index in [0.29, 0.717) is 17.5 Å². The Balaban J connectivity index is 1.80. The normalized spacial score (nSPS) is 10.8. The van der Waals surface area contributed by atoms with E-state index in [4.69, 9.17) is 9.15 Å². The highest BCUT2D eigenvalue weighted by molar-refractivity contribution is 5.80. The van der Waals surface area contributed by atoms with Crippen LogP contribution in [0.1, 0.15) is 5.56 Å². The van der Waals surface area contributed by atoms with E-state index in [0.717, 1.165) is 0 Å². The highest BCUT2D eigenvalue weighted by Gasteiger charge is 2.15. The minimum atomic E-state index is -1.34. The average molecular weight is 334 g/mol. The summed E-state index contributed by atoms with van der Waals surface area (Å²) < 4.78 is 49.4. The molecule has 7 heteroatoms. The minimum absolute atomic E-state index is 0.0739. The third-order valence-corrected chi connectivity index (χ3v) is 3.25. The molecule has 3 aromatic rings. The van der Waals surface area contributed by atoms with E-state index in [1.807, 2.05) is 0 Å². The first-order valence-electron chi connectivity index (χ1n) is 6.80. The number of hydrogen-bond acceptors (Lipinski definition) is 4. The van der Waals surface area contributed by atoms with Crippen LogP contribution in [-0.2, 0) is 11.2 Å². The lowest BCUT2D eigenvalue weighted by Gasteiger charge is -2.06. The van der Waals surface area contributed by atoms with E-state index in [-0.39, 0.29) is 16.9 Å². The number of halogens is 3. The van der Waals surface area contributed by atoms with Crippen molar-refractivity contribution in [3.63, 3.8) is 0 Å². The smallest absolute Gasteiger partial charge is 0.336 e. The van der Waals surface area contributed by atoms with Crippen molar-refractivity contribution >= 4 is 16.9 Å². The zero-order valence-corrected chi connectivity index (χ0v) is 12.0. The summed E-state index contributed by atoms with van der Waals surface area (Å²) in [4.78, 5) is 23.0. The maximum Gasteiger partial charge on any atom is 0.336 e. The van der Waals surface area contributed by atoms with Gasteiger partial charge in [-0.1, -0.05) is 0 Å². The molecule has 0 radical (unpaired) electrons. The van der Waals surface area contributed by atoms with Crippen molar-refractivity contribution in [3.05, 3.63) is 75.9 Å². The number of benzene rings is 2. The second kappa shape index (κ2) is 6.19. The molecule has 4 nitrogen and oxygen atoms in total. The van der Waals surface area contributed by atoms with Gasteiger partial charge in [0.1, 0.15) is 17.1 Å². The highest BCUT2D eigenvalue weighted by Crippen LogP contribution is 2.20. The fraction of sp³-hybridized carbons (Fsp3) is 0.0588. The highest BCUT2D eigenvalue weighted by atomic mass is 19.2. The lowest BCUT2D eigenvalue weighted by Crippen LogP contribution is -2.13. The monoisotopic (exact) mass is 334 g/mol. The van der Waals surface area contributed by atoms with Crippen LogP contribution in [-0.4, -0.2) is 5.97 Å². The number of fused-ring (bicyclic) bond motifs is 1. The first-order chi connectivity index (χ1) is 11.4. The Labute approximate surface area is 133 Å². The molecule has 2 aromatic carbocycles. The number of ether oxygens (including phenoxy) is 1. The van der Waals surface area contributed by atoms with Gasteiger partial charge in [-0.25, -0.2) is 18.0 Å². The molecule has 0 amide bonds. The molecule has 0 aliphatic heterocycles. The average Bonchev–Trinajstić information content (AvgIpc) is 2.52. The molecule has 24 heavy (non-hydrogen) atoms. The van der Waals surface area contributed by atoms with Crippen LogP contribution < -0.4 is 10.4 Å². The van der Waals surface area contributed by atoms with Gasteiger partial charge in [0.05, 0.1) is 6.42 Å². The van der Waals surface area contributed by atoms with Gasteiger partial charge in [-0.15, -0.1) is 0 Å². The Morgan fingerprint density at radius 1 is 0.958 bits per heavy atom. The van der Waals surface area contributed by atoms with Crippen molar-refractivity contribution in [2.45, 2.75) is 6.42 Å². The van der Waals surface area contributed by atoms with Gasteiger partial charge < -0.3 is 9.15 Å². The Morgan fingerprint density at radius 3 is 2.46 bits per heavy atom. The van der Waals surface area contributed by atoms with E-state index in [1.54, 1.807) is 12.1 Å². The molecule has 0 N–H and O–H groups in total. The Bertz CT molecular complexity index is 995. The Morgan fingerprint density at radius 2 is 1.67 bits per heavy atom. The van der Waals surface area contributed by atoms with Gasteiger partial charge in [-0.05, 0) is 24.3 Å². The number of esters is 1. The summed E-state index contributed by atoms with van der Waals surface area (Å²) in [6.45, 7) is 0. The third-order valence-electron chi connectivity index (χ3n) is 3.25. The molecule has 0 aliphatic rings. The van der Waals surface area contributed by atoms with Gasteiger partial charge in [0.2, 0.25) is 0 Å². The minimum Gasteiger partial charge on any atom is -0.426 e. The molecule has 1 heterocycles. The summed E-state index contributed by atoms with van der Waals surface area (Å²) in [6.07, 6.45) is -0.584. The molecule has 0 bridgehead atoms. The van der Waals surface area contributed by atoms with Crippen molar-refractivity contribution in [1.29, 1.82) is 0 Å². The van der Waals surface area contributed by atoms with Crippen LogP contribution in [0.4, 0.5) is 13.2 Å². The van der Waals surface area contributed by atoms with Crippen molar-refractivity contribution in [3.8, 4) is 5.75 Å². The third kappa shape index (κ3) is 3.29. The number of carbonyl (C=O) groups excluding carboxylic acids is 1. The first-order valence-corrected chi connectivity index (χ1v) is 6.80. The molecular formula is C17H9F3O4. The van der Waals surface area contributed by atoms with E-state index in [2.05, 4.69) is 0 Å². The molecule has 0 saturated carbocycles. The lowest BCUT2D eigenvalue weighted by atomic mass is 10.1. The van der Waals surface area contributed by atoms with Crippen molar-refractivity contribution < 1.29 is 27.1 Å². The van der Waals surface area contributed by atoms with Crippen molar-refractivity contribution in [1.82, 2.24) is 0 Å². The molecule has 0 spiro atoms. The van der Waals surface area contributed by atoms with E-state index in [9.17, 15) is 22.8 Å². The molecule has 0 unspecified atom stereocenters. The van der Waals surface area contributed by atoms with Crippen LogP contribution in [0.3, 0.4) is 0 Å². The number of rotatable bonds is 3. The molecule has 122 valence electrons. The van der Waals surface area contributed by atoms with Crippen LogP contribution in [0.25, 0.3) is 11.0 Å². The SMILES string of the molecule is O=C(Cc1cc(F)c(F)cc1F)Oc1ccc2ccc(=O)oc2c1. The number of carbonyl (C=O) groups is 1. The van der Waals surface area contributed by atoms with Crippen molar-refractivity contribution in [2.75, 3.05) is 0 Å². The van der Waals surface area contributed by atoms with Crippen LogP contribution in [0.15, 0.2) is 51.7 Å². The predicted molar refractivity (Wildman–Crippen MR) is 78.1 cm³/mol. The first kappa shape index (κ1) is 15.8. The van der Waals surface area contributed by atoms with E-state index < -0.39 is 35.5 Å². The van der Waals surface area contributed by atoms with Crippen molar-refractivity contribution in [2.24, 2.45) is 0 Å². The van der Waals surface area contributed by atoms with E-state index >= 15 is 0 Å². The van der Waals surface area contributed by atoms with Crippen LogP contribution in [0.2, 0.25) is 0 Å². The zero-order chi connectivity index (χ0) is 17.3. The molecule has 1 aromatic heterocycles. The van der Waals surface area contributed by atoms with E-state index in [1.165, 1.54) is 18.2 Å². The molecule has 0 aliphatic carbocycles. The maximum atomic E-state index is 13.5. The maximum absolute atomic E-state index is 13.5. The Kier molecular flexibility index (Phi) is 4.07. The summed E-state index contributed by atoms with van der Waals surface area (Å²) in [5.41, 5.74) is -0.673. The molecule has 0 saturated heterocycles. The van der Waals surface area contributed by atoms with Gasteiger partial charge in [0, 0.05) is 29.1 Å². The summed E-state index contributed by atoms with van der Waals surface area (Å²) >= 11 is 0. The van der Waals surface area contributed by atoms with Crippen LogP contribution in [0, 0.1) is 17.5 Å². The fourth-order valence-electron chi connectivity index (χ4n) is 2.13. The number of hydrogen-bond donors (Lipinski definition) is 0. The molecule has 0 fully saturated rings. The second-order valence-corrected chi connectivity index (χ2v) is 4.96. The topological polar surface area (TPSA) is 56.5 Å². The summed E-state index contributed by atoms with van der Waals surface area (Å²) in [5, 5.41) is 0.626. The molecule has 0 atom stereocenters. The second-order valence-electron chi connectivity index (χ2n) is 4.96. The van der Waals surface area contributed by atoms with Crippen LogP contribution in [0.5, 0.6) is 5.75 Å². The van der Waals surface area contributed by atoms with Crippen LogP contribution >= 0.6 is 0 Å². The molecular weight excluding hydrogens is 325 g/mol. The molecule has 3 rings (SSSR count). The zero-order valence-electron chi connectivity index (χ0n) is 12.0. The fourth-order valence-corrected chi connectivity index (χ4v) is 2.13. The lowest BCUT2D eigenvalue weighted by molar-refractivity contribution is -0.133. The van der Waals surface area contributed by atoms with Gasteiger partial charge >= 0.3 is 11.6 Å².